The van der Waals surface area contributed by atoms with Crippen LogP contribution in [0.3, 0.4) is 0 Å². The molecule has 0 heterocycles. The van der Waals surface area contributed by atoms with Gasteiger partial charge in [0.15, 0.2) is 5.78 Å². The Morgan fingerprint density at radius 1 is 0.889 bits per heavy atom. The topological polar surface area (TPSA) is 54.4 Å². The number of carbonyl (C=O) groups is 2. The first-order valence-corrected chi connectivity index (χ1v) is 6.01. The molecule has 0 aliphatic carbocycles. The van der Waals surface area contributed by atoms with Crippen LogP contribution in [-0.2, 0) is 0 Å². The maximum absolute atomic E-state index is 12.1. The molecule has 0 amide bonds. The molecule has 0 radical (unpaired) electrons. The van der Waals surface area contributed by atoms with Crippen molar-refractivity contribution < 1.29 is 14.7 Å². The maximum Gasteiger partial charge on any atom is 0.335 e. The van der Waals surface area contributed by atoms with Crippen LogP contribution >= 0.6 is 15.9 Å². The third kappa shape index (κ3) is 2.65. The van der Waals surface area contributed by atoms with Gasteiger partial charge in [-0.05, 0) is 24.3 Å². The summed E-state index contributed by atoms with van der Waals surface area (Å²) in [6.45, 7) is 0. The zero-order chi connectivity index (χ0) is 13.1. The molecule has 2 rings (SSSR count). The van der Waals surface area contributed by atoms with Crippen molar-refractivity contribution in [2.45, 2.75) is 0 Å². The van der Waals surface area contributed by atoms with Crippen LogP contribution in [0.25, 0.3) is 0 Å². The largest absolute Gasteiger partial charge is 0.478 e. The summed E-state index contributed by atoms with van der Waals surface area (Å²) in [5.41, 5.74) is 1.20. The van der Waals surface area contributed by atoms with Crippen LogP contribution in [0, 0.1) is 0 Å². The van der Waals surface area contributed by atoms with Crippen molar-refractivity contribution in [3.05, 3.63) is 69.7 Å². The van der Waals surface area contributed by atoms with Crippen molar-refractivity contribution in [2.75, 3.05) is 0 Å². The summed E-state index contributed by atoms with van der Waals surface area (Å²) >= 11 is 3.30. The molecule has 0 spiro atoms. The van der Waals surface area contributed by atoms with Crippen LogP contribution < -0.4 is 0 Å². The zero-order valence-electron chi connectivity index (χ0n) is 9.26. The molecule has 0 aliphatic heterocycles. The van der Waals surface area contributed by atoms with Gasteiger partial charge >= 0.3 is 5.97 Å². The Morgan fingerprint density at radius 3 is 2.06 bits per heavy atom. The molecule has 0 bridgehead atoms. The van der Waals surface area contributed by atoms with Crippen LogP contribution in [0.1, 0.15) is 26.3 Å². The van der Waals surface area contributed by atoms with Gasteiger partial charge in [0.1, 0.15) is 0 Å². The molecule has 0 fully saturated rings. The summed E-state index contributed by atoms with van der Waals surface area (Å²) < 4.78 is 0.829. The fraction of sp³-hybridized carbons (Fsp3) is 0. The van der Waals surface area contributed by atoms with Crippen molar-refractivity contribution in [1.82, 2.24) is 0 Å². The predicted molar refractivity (Wildman–Crippen MR) is 71.0 cm³/mol. The third-order valence-corrected chi connectivity index (χ3v) is 2.97. The first kappa shape index (κ1) is 12.5. The van der Waals surface area contributed by atoms with E-state index in [-0.39, 0.29) is 11.3 Å². The van der Waals surface area contributed by atoms with E-state index in [4.69, 9.17) is 5.11 Å². The van der Waals surface area contributed by atoms with Crippen molar-refractivity contribution in [3.63, 3.8) is 0 Å². The highest BCUT2D eigenvalue weighted by atomic mass is 79.9. The highest BCUT2D eigenvalue weighted by Crippen LogP contribution is 2.16. The van der Waals surface area contributed by atoms with Crippen LogP contribution in [0.15, 0.2) is 53.0 Å². The lowest BCUT2D eigenvalue weighted by Crippen LogP contribution is -2.02. The summed E-state index contributed by atoms with van der Waals surface area (Å²) in [6, 6.07) is 13.0. The summed E-state index contributed by atoms with van der Waals surface area (Å²) in [4.78, 5) is 22.8. The fourth-order valence-corrected chi connectivity index (χ4v) is 1.96. The number of carboxylic acid groups (broad SMARTS) is 1. The van der Waals surface area contributed by atoms with Gasteiger partial charge in [0.2, 0.25) is 0 Å². The van der Waals surface area contributed by atoms with E-state index in [9.17, 15) is 9.59 Å². The number of rotatable bonds is 3. The van der Waals surface area contributed by atoms with Crippen molar-refractivity contribution >= 4 is 27.7 Å². The third-order valence-electron chi connectivity index (χ3n) is 2.48. The lowest BCUT2D eigenvalue weighted by molar-refractivity contribution is 0.0696. The Morgan fingerprint density at radius 2 is 1.50 bits per heavy atom. The van der Waals surface area contributed by atoms with E-state index in [0.29, 0.717) is 11.1 Å². The molecule has 0 saturated heterocycles. The van der Waals surface area contributed by atoms with Crippen LogP contribution in [0.2, 0.25) is 0 Å². The number of hydrogen-bond donors (Lipinski definition) is 1. The Bertz CT molecular complexity index is 603. The van der Waals surface area contributed by atoms with Gasteiger partial charge in [0.25, 0.3) is 0 Å². The van der Waals surface area contributed by atoms with Crippen molar-refractivity contribution in [3.8, 4) is 0 Å². The number of carbonyl (C=O) groups excluding carboxylic acids is 1. The summed E-state index contributed by atoms with van der Waals surface area (Å²) in [5.74, 6) is -1.13. The SMILES string of the molecule is O=C(O)c1ccc(C(=O)c2cccc(Br)c2)cc1. The summed E-state index contributed by atoms with van der Waals surface area (Å²) in [7, 11) is 0. The number of ketones is 1. The second kappa shape index (κ2) is 5.14. The lowest BCUT2D eigenvalue weighted by atomic mass is 10.0. The molecule has 0 unspecified atom stereocenters. The number of halogens is 1. The van der Waals surface area contributed by atoms with Gasteiger partial charge in [0, 0.05) is 15.6 Å². The molecule has 0 aromatic heterocycles. The summed E-state index contributed by atoms with van der Waals surface area (Å²) in [6.07, 6.45) is 0. The van der Waals surface area contributed by atoms with Gasteiger partial charge in [-0.2, -0.15) is 0 Å². The zero-order valence-corrected chi connectivity index (χ0v) is 10.8. The van der Waals surface area contributed by atoms with E-state index in [1.165, 1.54) is 24.3 Å². The fourth-order valence-electron chi connectivity index (χ4n) is 1.56. The normalized spacial score (nSPS) is 10.1. The quantitative estimate of drug-likeness (QED) is 0.884. The molecule has 90 valence electrons. The molecule has 0 atom stereocenters. The summed E-state index contributed by atoms with van der Waals surface area (Å²) in [5, 5.41) is 8.78. The number of carboxylic acids is 1. The second-order valence-electron chi connectivity index (χ2n) is 3.72. The average Bonchev–Trinajstić information content (AvgIpc) is 2.38. The second-order valence-corrected chi connectivity index (χ2v) is 4.64. The van der Waals surface area contributed by atoms with Gasteiger partial charge in [-0.1, -0.05) is 40.2 Å². The van der Waals surface area contributed by atoms with E-state index in [1.807, 2.05) is 6.07 Å². The number of benzene rings is 2. The van der Waals surface area contributed by atoms with Gasteiger partial charge in [-0.25, -0.2) is 4.79 Å². The molecule has 4 heteroatoms. The van der Waals surface area contributed by atoms with Crippen LogP contribution in [0.4, 0.5) is 0 Å². The molecule has 3 nitrogen and oxygen atoms in total. The molecule has 0 saturated carbocycles. The number of hydrogen-bond acceptors (Lipinski definition) is 2. The molecular formula is C14H9BrO3. The Balaban J connectivity index is 2.32. The Hall–Kier alpha value is -1.94. The highest BCUT2D eigenvalue weighted by Gasteiger charge is 2.10. The van der Waals surface area contributed by atoms with Gasteiger partial charge in [-0.3, -0.25) is 4.79 Å². The molecule has 18 heavy (non-hydrogen) atoms. The predicted octanol–water partition coefficient (Wildman–Crippen LogP) is 3.38. The van der Waals surface area contributed by atoms with Crippen molar-refractivity contribution in [1.29, 1.82) is 0 Å². The van der Waals surface area contributed by atoms with Gasteiger partial charge < -0.3 is 5.11 Å². The molecular weight excluding hydrogens is 296 g/mol. The van der Waals surface area contributed by atoms with E-state index in [2.05, 4.69) is 15.9 Å². The molecule has 1 N–H and O–H groups in total. The Labute approximate surface area is 112 Å². The maximum atomic E-state index is 12.1. The monoisotopic (exact) mass is 304 g/mol. The smallest absolute Gasteiger partial charge is 0.335 e. The minimum Gasteiger partial charge on any atom is -0.478 e. The van der Waals surface area contributed by atoms with E-state index >= 15 is 0 Å². The van der Waals surface area contributed by atoms with E-state index < -0.39 is 5.97 Å². The van der Waals surface area contributed by atoms with Crippen LogP contribution in [0.5, 0.6) is 0 Å². The molecule has 0 aliphatic rings. The van der Waals surface area contributed by atoms with Gasteiger partial charge in [-0.15, -0.1) is 0 Å². The average molecular weight is 305 g/mol. The minimum atomic E-state index is -1.00. The lowest BCUT2D eigenvalue weighted by Gasteiger charge is -2.02. The first-order valence-electron chi connectivity index (χ1n) is 5.21. The highest BCUT2D eigenvalue weighted by molar-refractivity contribution is 9.10. The first-order chi connectivity index (χ1) is 8.58. The molecule has 2 aromatic carbocycles. The number of aromatic carboxylic acids is 1. The standard InChI is InChI=1S/C14H9BrO3/c15-12-3-1-2-11(8-12)13(16)9-4-6-10(7-5-9)14(17)18/h1-8H,(H,17,18). The Kier molecular flexibility index (Phi) is 3.58. The van der Waals surface area contributed by atoms with Crippen LogP contribution in [-0.4, -0.2) is 16.9 Å². The van der Waals surface area contributed by atoms with Crippen molar-refractivity contribution in [2.24, 2.45) is 0 Å². The minimum absolute atomic E-state index is 0.131. The van der Waals surface area contributed by atoms with E-state index in [0.717, 1.165) is 4.47 Å². The van der Waals surface area contributed by atoms with E-state index in [1.54, 1.807) is 18.2 Å². The van der Waals surface area contributed by atoms with Gasteiger partial charge in [0.05, 0.1) is 5.56 Å². The molecule has 2 aromatic rings.